The molecule has 0 saturated carbocycles. The number of carbonyl (C=O) groups is 1. The summed E-state index contributed by atoms with van der Waals surface area (Å²) in [6.45, 7) is 8.14. The number of benzene rings is 2. The topological polar surface area (TPSA) is 43.8 Å². The Morgan fingerprint density at radius 3 is 2.59 bits per heavy atom. The van der Waals surface area contributed by atoms with Gasteiger partial charge in [-0.2, -0.15) is 0 Å². The average molecular weight is 364 g/mol. The second kappa shape index (κ2) is 7.01. The number of piperidine rings is 1. The van der Waals surface area contributed by atoms with Crippen LogP contribution in [0.4, 0.5) is 0 Å². The molecule has 2 heterocycles. The molecule has 0 radical (unpaired) electrons. The highest BCUT2D eigenvalue weighted by molar-refractivity contribution is 5.94. The third kappa shape index (κ3) is 3.34. The van der Waals surface area contributed by atoms with E-state index in [4.69, 9.17) is 0 Å². The van der Waals surface area contributed by atoms with Gasteiger partial charge in [0.1, 0.15) is 5.75 Å². The van der Waals surface area contributed by atoms with E-state index in [1.165, 1.54) is 5.56 Å². The second-order valence-corrected chi connectivity index (χ2v) is 8.34. The Balaban J connectivity index is 1.55. The molecule has 0 aliphatic carbocycles. The number of hydrogen-bond donors (Lipinski definition) is 1. The van der Waals surface area contributed by atoms with Gasteiger partial charge in [0, 0.05) is 37.8 Å². The zero-order chi connectivity index (χ0) is 19.0. The first-order valence-corrected chi connectivity index (χ1v) is 9.85. The molecule has 0 spiro atoms. The maximum absolute atomic E-state index is 12.9. The van der Waals surface area contributed by atoms with Gasteiger partial charge in [0.25, 0.3) is 5.91 Å². The van der Waals surface area contributed by atoms with E-state index in [1.54, 1.807) is 6.07 Å². The highest BCUT2D eigenvalue weighted by Crippen LogP contribution is 2.43. The van der Waals surface area contributed by atoms with Crippen molar-refractivity contribution in [1.82, 2.24) is 9.80 Å². The summed E-state index contributed by atoms with van der Waals surface area (Å²) < 4.78 is 0. The zero-order valence-electron chi connectivity index (χ0n) is 16.1. The van der Waals surface area contributed by atoms with Crippen LogP contribution in [0.25, 0.3) is 0 Å². The summed E-state index contributed by atoms with van der Waals surface area (Å²) in [7, 11) is 0. The Labute approximate surface area is 161 Å². The third-order valence-electron chi connectivity index (χ3n) is 6.67. The Bertz CT molecular complexity index is 822. The van der Waals surface area contributed by atoms with Crippen LogP contribution in [0.3, 0.4) is 0 Å². The van der Waals surface area contributed by atoms with Gasteiger partial charge in [-0.05, 0) is 47.6 Å². The number of nitrogens with zero attached hydrogens (tertiary/aromatic N) is 2. The van der Waals surface area contributed by atoms with E-state index in [1.807, 2.05) is 47.4 Å². The summed E-state index contributed by atoms with van der Waals surface area (Å²) in [6.07, 6.45) is 0.996. The molecule has 142 valence electrons. The summed E-state index contributed by atoms with van der Waals surface area (Å²) in [4.78, 5) is 17.4. The van der Waals surface area contributed by atoms with Crippen molar-refractivity contribution in [2.45, 2.75) is 31.7 Å². The number of hydrogen-bond acceptors (Lipinski definition) is 3. The number of rotatable bonds is 2. The monoisotopic (exact) mass is 364 g/mol. The molecule has 27 heavy (non-hydrogen) atoms. The first-order chi connectivity index (χ1) is 13.0. The fourth-order valence-electron chi connectivity index (χ4n) is 4.78. The number of carbonyl (C=O) groups excluding carboxylic acids is 1. The van der Waals surface area contributed by atoms with Crippen molar-refractivity contribution in [2.24, 2.45) is 5.92 Å². The molecule has 2 aromatic carbocycles. The largest absolute Gasteiger partial charge is 0.508 e. The molecule has 0 aromatic heterocycles. The van der Waals surface area contributed by atoms with Gasteiger partial charge in [0.05, 0.1) is 0 Å². The van der Waals surface area contributed by atoms with Crippen molar-refractivity contribution in [3.63, 3.8) is 0 Å². The van der Waals surface area contributed by atoms with Crippen molar-refractivity contribution in [3.8, 4) is 5.75 Å². The van der Waals surface area contributed by atoms with E-state index >= 15 is 0 Å². The minimum Gasteiger partial charge on any atom is -0.508 e. The smallest absolute Gasteiger partial charge is 0.253 e. The summed E-state index contributed by atoms with van der Waals surface area (Å²) in [6, 6.07) is 17.6. The zero-order valence-corrected chi connectivity index (χ0v) is 16.1. The second-order valence-electron chi connectivity index (χ2n) is 8.34. The normalized spacial score (nSPS) is 28.6. The quantitative estimate of drug-likeness (QED) is 0.887. The van der Waals surface area contributed by atoms with E-state index in [0.717, 1.165) is 38.2 Å². The van der Waals surface area contributed by atoms with Crippen molar-refractivity contribution in [3.05, 3.63) is 65.7 Å². The molecule has 4 rings (SSSR count). The molecule has 2 aromatic rings. The minimum absolute atomic E-state index is 0.00128. The maximum Gasteiger partial charge on any atom is 0.253 e. The standard InChI is InChI=1S/C23H28N2O2/c1-17-15-24-11-12-25(22(27)18-7-4-3-5-8-18)16-20(24)14-23(17,2)19-9-6-10-21(26)13-19/h3-10,13,17,20,26H,11-12,14-16H2,1-2H3. The number of amides is 1. The molecule has 1 amide bonds. The van der Waals surface area contributed by atoms with Crippen LogP contribution in [0.2, 0.25) is 0 Å². The van der Waals surface area contributed by atoms with Crippen molar-refractivity contribution >= 4 is 5.91 Å². The van der Waals surface area contributed by atoms with Gasteiger partial charge in [-0.25, -0.2) is 0 Å². The summed E-state index contributed by atoms with van der Waals surface area (Å²) in [5, 5.41) is 9.95. The van der Waals surface area contributed by atoms with Crippen LogP contribution < -0.4 is 0 Å². The van der Waals surface area contributed by atoms with Gasteiger partial charge >= 0.3 is 0 Å². The van der Waals surface area contributed by atoms with Gasteiger partial charge in [0.2, 0.25) is 0 Å². The number of aromatic hydroxyl groups is 1. The number of phenolic OH excluding ortho intramolecular Hbond substituents is 1. The molecule has 2 fully saturated rings. The minimum atomic E-state index is -0.00128. The molecule has 4 nitrogen and oxygen atoms in total. The molecule has 3 atom stereocenters. The summed E-state index contributed by atoms with van der Waals surface area (Å²) in [5.74, 6) is 0.952. The van der Waals surface area contributed by atoms with Crippen LogP contribution in [0.15, 0.2) is 54.6 Å². The lowest BCUT2D eigenvalue weighted by Gasteiger charge is -2.53. The van der Waals surface area contributed by atoms with Crippen LogP contribution in [0, 0.1) is 5.92 Å². The van der Waals surface area contributed by atoms with Crippen LogP contribution in [-0.2, 0) is 5.41 Å². The lowest BCUT2D eigenvalue weighted by Crippen LogP contribution is -2.61. The van der Waals surface area contributed by atoms with Gasteiger partial charge < -0.3 is 10.0 Å². The first kappa shape index (κ1) is 18.1. The van der Waals surface area contributed by atoms with Gasteiger partial charge in [-0.15, -0.1) is 0 Å². The Kier molecular flexibility index (Phi) is 4.68. The van der Waals surface area contributed by atoms with E-state index in [9.17, 15) is 9.90 Å². The number of fused-ring (bicyclic) bond motifs is 1. The van der Waals surface area contributed by atoms with Crippen LogP contribution in [0.5, 0.6) is 5.75 Å². The first-order valence-electron chi connectivity index (χ1n) is 9.85. The SMILES string of the molecule is CC1CN2CCN(C(=O)c3ccccc3)CC2CC1(C)c1cccc(O)c1. The fourth-order valence-corrected chi connectivity index (χ4v) is 4.78. The Morgan fingerprint density at radius 2 is 1.85 bits per heavy atom. The van der Waals surface area contributed by atoms with E-state index < -0.39 is 0 Å². The third-order valence-corrected chi connectivity index (χ3v) is 6.67. The Morgan fingerprint density at radius 1 is 1.07 bits per heavy atom. The van der Waals surface area contributed by atoms with Crippen molar-refractivity contribution in [2.75, 3.05) is 26.2 Å². The molecule has 2 aliphatic heterocycles. The molecule has 2 saturated heterocycles. The van der Waals surface area contributed by atoms with Crippen LogP contribution >= 0.6 is 0 Å². The molecule has 3 unspecified atom stereocenters. The van der Waals surface area contributed by atoms with E-state index in [2.05, 4.69) is 24.8 Å². The average Bonchev–Trinajstić information content (AvgIpc) is 2.68. The van der Waals surface area contributed by atoms with Crippen LogP contribution in [-0.4, -0.2) is 53.0 Å². The van der Waals surface area contributed by atoms with Crippen LogP contribution in [0.1, 0.15) is 36.2 Å². The van der Waals surface area contributed by atoms with E-state index in [0.29, 0.717) is 17.7 Å². The predicted molar refractivity (Wildman–Crippen MR) is 107 cm³/mol. The highest BCUT2D eigenvalue weighted by Gasteiger charge is 2.45. The maximum atomic E-state index is 12.9. The van der Waals surface area contributed by atoms with Gasteiger partial charge in [0.15, 0.2) is 0 Å². The predicted octanol–water partition coefficient (Wildman–Crippen LogP) is 3.52. The number of piperazine rings is 1. The molecule has 1 N–H and O–H groups in total. The number of phenols is 1. The van der Waals surface area contributed by atoms with Gasteiger partial charge in [-0.1, -0.05) is 44.2 Å². The Hall–Kier alpha value is -2.33. The van der Waals surface area contributed by atoms with Gasteiger partial charge in [-0.3, -0.25) is 9.69 Å². The molecular formula is C23H28N2O2. The van der Waals surface area contributed by atoms with E-state index in [-0.39, 0.29) is 11.3 Å². The molecule has 4 heteroatoms. The van der Waals surface area contributed by atoms with Crippen molar-refractivity contribution < 1.29 is 9.90 Å². The van der Waals surface area contributed by atoms with Crippen molar-refractivity contribution in [1.29, 1.82) is 0 Å². The molecule has 2 aliphatic rings. The summed E-state index contributed by atoms with van der Waals surface area (Å²) in [5.41, 5.74) is 1.96. The lowest BCUT2D eigenvalue weighted by molar-refractivity contribution is -0.000249. The lowest BCUT2D eigenvalue weighted by atomic mass is 9.65. The fraction of sp³-hybridized carbons (Fsp3) is 0.435. The molecular weight excluding hydrogens is 336 g/mol. The highest BCUT2D eigenvalue weighted by atomic mass is 16.3. The molecule has 0 bridgehead atoms. The summed E-state index contributed by atoms with van der Waals surface area (Å²) >= 11 is 0.